The van der Waals surface area contributed by atoms with Crippen LogP contribution in [0, 0.1) is 10.1 Å². The highest BCUT2D eigenvalue weighted by Gasteiger charge is 2.23. The van der Waals surface area contributed by atoms with Gasteiger partial charge in [0.05, 0.1) is 21.8 Å². The van der Waals surface area contributed by atoms with Gasteiger partial charge in [-0.05, 0) is 18.9 Å². The number of nitro groups is 1. The number of fused-ring (bicyclic) bond motifs is 1. The quantitative estimate of drug-likeness (QED) is 0.145. The minimum atomic E-state index is -0.412. The van der Waals surface area contributed by atoms with Gasteiger partial charge in [-0.25, -0.2) is 4.99 Å². The summed E-state index contributed by atoms with van der Waals surface area (Å²) in [7, 11) is 5.73. The summed E-state index contributed by atoms with van der Waals surface area (Å²) in [5.74, 6) is 0. The van der Waals surface area contributed by atoms with Crippen molar-refractivity contribution >= 4 is 51.1 Å². The number of nitrogens with zero attached hydrogens (tertiary/aromatic N) is 4. The van der Waals surface area contributed by atoms with Crippen molar-refractivity contribution in [3.05, 3.63) is 27.1 Å². The van der Waals surface area contributed by atoms with E-state index in [-0.39, 0.29) is 5.69 Å². The molecule has 0 amide bonds. The third kappa shape index (κ3) is 5.78. The number of rotatable bonds is 10. The van der Waals surface area contributed by atoms with Gasteiger partial charge in [-0.1, -0.05) is 40.5 Å². The van der Waals surface area contributed by atoms with Crippen LogP contribution >= 0.6 is 11.3 Å². The lowest BCUT2D eigenvalue weighted by Gasteiger charge is -2.25. The van der Waals surface area contributed by atoms with Gasteiger partial charge < -0.3 is 9.80 Å². The van der Waals surface area contributed by atoms with Crippen LogP contribution in [-0.4, -0.2) is 49.6 Å². The predicted molar refractivity (Wildman–Crippen MR) is 129 cm³/mol. The zero-order valence-electron chi connectivity index (χ0n) is 19.1. The van der Waals surface area contributed by atoms with E-state index >= 15 is 0 Å². The van der Waals surface area contributed by atoms with Crippen LogP contribution in [0.15, 0.2) is 17.1 Å². The van der Waals surface area contributed by atoms with E-state index in [1.807, 2.05) is 39.9 Å². The standard InChI is InChI=1S/C20H28N4O3S.C2H6/c1-6-8-14(9-7-2)23(5)13-21-19-17(12-25)28-20-16(24(26)27)11-10-15(18(19)20)22(3)4;1-2/h10-14H,6-9H2,1-5H3;1-2H3. The summed E-state index contributed by atoms with van der Waals surface area (Å²) in [4.78, 5) is 31.7. The summed E-state index contributed by atoms with van der Waals surface area (Å²) in [5, 5.41) is 12.1. The summed E-state index contributed by atoms with van der Waals surface area (Å²) in [5.41, 5.74) is 1.30. The molecule has 0 atom stereocenters. The Bertz CT molecular complexity index is 871. The van der Waals surface area contributed by atoms with E-state index in [4.69, 9.17) is 0 Å². The van der Waals surface area contributed by atoms with Crippen molar-refractivity contribution in [2.24, 2.45) is 4.99 Å². The molecule has 0 N–H and O–H groups in total. The minimum Gasteiger partial charge on any atom is -0.377 e. The molecule has 2 rings (SSSR count). The van der Waals surface area contributed by atoms with E-state index in [1.165, 1.54) is 6.07 Å². The van der Waals surface area contributed by atoms with E-state index in [0.29, 0.717) is 26.7 Å². The van der Waals surface area contributed by atoms with Crippen molar-refractivity contribution in [3.63, 3.8) is 0 Å². The molecule has 30 heavy (non-hydrogen) atoms. The predicted octanol–water partition coefficient (Wildman–Crippen LogP) is 6.27. The first kappa shape index (κ1) is 25.6. The van der Waals surface area contributed by atoms with Gasteiger partial charge in [0.15, 0.2) is 6.29 Å². The van der Waals surface area contributed by atoms with E-state index in [9.17, 15) is 14.9 Å². The van der Waals surface area contributed by atoms with Crippen LogP contribution in [0.4, 0.5) is 17.1 Å². The summed E-state index contributed by atoms with van der Waals surface area (Å²) in [6, 6.07) is 3.58. The van der Waals surface area contributed by atoms with Gasteiger partial charge >= 0.3 is 0 Å². The molecule has 0 aliphatic heterocycles. The average Bonchev–Trinajstić information content (AvgIpc) is 3.10. The van der Waals surface area contributed by atoms with Gasteiger partial charge in [0.25, 0.3) is 5.69 Å². The minimum absolute atomic E-state index is 0.00153. The molecule has 0 unspecified atom stereocenters. The van der Waals surface area contributed by atoms with Crippen molar-refractivity contribution in [1.82, 2.24) is 4.90 Å². The fourth-order valence-corrected chi connectivity index (χ4v) is 4.43. The Morgan fingerprint density at radius 3 is 2.23 bits per heavy atom. The summed E-state index contributed by atoms with van der Waals surface area (Å²) in [6.07, 6.45) is 6.78. The van der Waals surface area contributed by atoms with Gasteiger partial charge in [0.1, 0.15) is 4.70 Å². The molecule has 0 aliphatic rings. The summed E-state index contributed by atoms with van der Waals surface area (Å²) < 4.78 is 0.478. The lowest BCUT2D eigenvalue weighted by molar-refractivity contribution is -0.382. The smallest absolute Gasteiger partial charge is 0.287 e. The number of carbonyl (C=O) groups excluding carboxylic acids is 1. The van der Waals surface area contributed by atoms with E-state index in [1.54, 1.807) is 12.4 Å². The lowest BCUT2D eigenvalue weighted by Crippen LogP contribution is -2.30. The van der Waals surface area contributed by atoms with Gasteiger partial charge in [-0.3, -0.25) is 14.9 Å². The second kappa shape index (κ2) is 12.3. The number of aliphatic imine (C=N–C) groups is 1. The fourth-order valence-electron chi connectivity index (χ4n) is 3.36. The Morgan fingerprint density at radius 2 is 1.77 bits per heavy atom. The molecule has 7 nitrogen and oxygen atoms in total. The number of nitro benzene ring substituents is 1. The molecular formula is C22H34N4O3S. The second-order valence-electron chi connectivity index (χ2n) is 7.03. The molecule has 0 spiro atoms. The Morgan fingerprint density at radius 1 is 1.17 bits per heavy atom. The first-order valence-electron chi connectivity index (χ1n) is 10.5. The van der Waals surface area contributed by atoms with Crippen molar-refractivity contribution in [2.45, 2.75) is 59.4 Å². The van der Waals surface area contributed by atoms with Gasteiger partial charge in [0.2, 0.25) is 0 Å². The number of non-ortho nitro benzene ring substituents is 1. The SMILES string of the molecule is CC.CCCC(CCC)N(C)C=Nc1c(C=O)sc2c([N+](=O)[O-])ccc(N(C)C)c12. The molecule has 8 heteroatoms. The number of hydrogen-bond acceptors (Lipinski definition) is 6. The molecule has 0 bridgehead atoms. The number of anilines is 1. The van der Waals surface area contributed by atoms with Gasteiger partial charge in [-0.2, -0.15) is 0 Å². The van der Waals surface area contributed by atoms with Crippen LogP contribution in [-0.2, 0) is 0 Å². The monoisotopic (exact) mass is 434 g/mol. The average molecular weight is 435 g/mol. The van der Waals surface area contributed by atoms with Crippen LogP contribution in [0.3, 0.4) is 0 Å². The molecule has 1 aromatic heterocycles. The normalized spacial score (nSPS) is 10.9. The van der Waals surface area contributed by atoms with E-state index in [0.717, 1.165) is 49.0 Å². The van der Waals surface area contributed by atoms with Crippen molar-refractivity contribution in [2.75, 3.05) is 26.0 Å². The van der Waals surface area contributed by atoms with Crippen LogP contribution in [0.2, 0.25) is 0 Å². The Balaban J connectivity index is 0.00000218. The summed E-state index contributed by atoms with van der Waals surface area (Å²) >= 11 is 1.12. The number of hydrogen-bond donors (Lipinski definition) is 0. The van der Waals surface area contributed by atoms with Crippen molar-refractivity contribution in [3.8, 4) is 0 Å². The van der Waals surface area contributed by atoms with Crippen LogP contribution in [0.5, 0.6) is 0 Å². The zero-order valence-corrected chi connectivity index (χ0v) is 20.0. The Kier molecular flexibility index (Phi) is 10.5. The topological polar surface area (TPSA) is 79.0 Å². The maximum absolute atomic E-state index is 11.7. The Hall–Kier alpha value is -2.48. The van der Waals surface area contributed by atoms with E-state index < -0.39 is 4.92 Å². The molecule has 0 aliphatic carbocycles. The zero-order chi connectivity index (χ0) is 22.8. The number of carbonyl (C=O) groups is 1. The maximum Gasteiger partial charge on any atom is 0.287 e. The largest absolute Gasteiger partial charge is 0.377 e. The second-order valence-corrected chi connectivity index (χ2v) is 8.09. The molecule has 1 heterocycles. The first-order chi connectivity index (χ1) is 14.3. The highest BCUT2D eigenvalue weighted by atomic mass is 32.1. The first-order valence-corrected chi connectivity index (χ1v) is 11.3. The molecule has 166 valence electrons. The molecule has 0 saturated heterocycles. The van der Waals surface area contributed by atoms with Crippen molar-refractivity contribution < 1.29 is 9.72 Å². The number of aldehydes is 1. The van der Waals surface area contributed by atoms with Crippen LogP contribution in [0.25, 0.3) is 10.1 Å². The number of thiophene rings is 1. The Labute approximate surface area is 183 Å². The van der Waals surface area contributed by atoms with Crippen LogP contribution in [0.1, 0.15) is 63.0 Å². The fraction of sp³-hybridized carbons (Fsp3) is 0.545. The third-order valence-electron chi connectivity index (χ3n) is 4.77. The molecule has 0 fully saturated rings. The van der Waals surface area contributed by atoms with Gasteiger partial charge in [-0.15, -0.1) is 11.3 Å². The maximum atomic E-state index is 11.7. The van der Waals surface area contributed by atoms with Crippen LogP contribution < -0.4 is 4.90 Å². The molecular weight excluding hydrogens is 400 g/mol. The molecule has 2 aromatic rings. The third-order valence-corrected chi connectivity index (χ3v) is 5.90. The highest BCUT2D eigenvalue weighted by Crippen LogP contribution is 2.46. The number of benzene rings is 1. The van der Waals surface area contributed by atoms with E-state index in [2.05, 4.69) is 23.7 Å². The highest BCUT2D eigenvalue weighted by molar-refractivity contribution is 7.22. The summed E-state index contributed by atoms with van der Waals surface area (Å²) in [6.45, 7) is 8.32. The van der Waals surface area contributed by atoms with Gasteiger partial charge in [0, 0.05) is 44.3 Å². The lowest BCUT2D eigenvalue weighted by atomic mass is 10.1. The molecule has 0 saturated carbocycles. The van der Waals surface area contributed by atoms with Crippen molar-refractivity contribution in [1.29, 1.82) is 0 Å². The molecule has 1 aromatic carbocycles. The molecule has 0 radical (unpaired) electrons.